The Morgan fingerprint density at radius 3 is 2.61 bits per heavy atom. The zero-order valence-electron chi connectivity index (χ0n) is 19.9. The summed E-state index contributed by atoms with van der Waals surface area (Å²) < 4.78 is 44.8. The van der Waals surface area contributed by atoms with Crippen molar-refractivity contribution in [2.45, 2.75) is 33.0 Å². The molecule has 2 aromatic carbocycles. The maximum absolute atomic E-state index is 13.0. The van der Waals surface area contributed by atoms with E-state index in [1.54, 1.807) is 18.2 Å². The molecule has 2 heterocycles. The maximum Gasteiger partial charge on any atom is 0.416 e. The minimum atomic E-state index is -4.48. The van der Waals surface area contributed by atoms with Crippen LogP contribution in [0.25, 0.3) is 0 Å². The third-order valence-corrected chi connectivity index (χ3v) is 5.83. The molecular formula is C25H27ClF3N5O2. The van der Waals surface area contributed by atoms with Crippen LogP contribution in [-0.4, -0.2) is 40.5 Å². The van der Waals surface area contributed by atoms with E-state index in [9.17, 15) is 18.0 Å². The van der Waals surface area contributed by atoms with Crippen LogP contribution in [0.2, 0.25) is 0 Å². The number of benzene rings is 2. The van der Waals surface area contributed by atoms with Gasteiger partial charge in [-0.15, -0.1) is 12.4 Å². The Bertz CT molecular complexity index is 1200. The molecule has 0 bridgehead atoms. The van der Waals surface area contributed by atoms with Gasteiger partial charge in [-0.1, -0.05) is 19.9 Å². The molecule has 11 heteroatoms. The van der Waals surface area contributed by atoms with Crippen LogP contribution in [0.15, 0.2) is 54.9 Å². The van der Waals surface area contributed by atoms with E-state index in [-0.39, 0.29) is 18.1 Å². The first kappa shape index (κ1) is 27.2. The molecule has 36 heavy (non-hydrogen) atoms. The van der Waals surface area contributed by atoms with Crippen LogP contribution < -0.4 is 15.0 Å². The van der Waals surface area contributed by atoms with Crippen molar-refractivity contribution in [2.75, 3.05) is 29.9 Å². The molecule has 1 aliphatic rings. The number of nitrogens with zero attached hydrogens (tertiary/aromatic N) is 4. The molecule has 4 rings (SSSR count). The highest BCUT2D eigenvalue weighted by Crippen LogP contribution is 2.34. The van der Waals surface area contributed by atoms with Gasteiger partial charge < -0.3 is 10.1 Å². The topological polar surface area (TPSA) is 70.6 Å². The number of alkyl halides is 3. The average molecular weight is 522 g/mol. The SMILES string of the molecule is CCN(CC)Cc1cc(Oc2ccc3c(c2)CCN3C(=O)Nc2cccc(C(F)(F)F)c2)ncn1.Cl. The lowest BCUT2D eigenvalue weighted by Gasteiger charge is -2.19. The summed E-state index contributed by atoms with van der Waals surface area (Å²) >= 11 is 0. The highest BCUT2D eigenvalue weighted by Gasteiger charge is 2.31. The molecule has 1 aliphatic heterocycles. The predicted molar refractivity (Wildman–Crippen MR) is 134 cm³/mol. The largest absolute Gasteiger partial charge is 0.439 e. The van der Waals surface area contributed by atoms with Crippen molar-refractivity contribution in [2.24, 2.45) is 0 Å². The number of rotatable bonds is 7. The zero-order valence-corrected chi connectivity index (χ0v) is 20.7. The smallest absolute Gasteiger partial charge is 0.416 e. The highest BCUT2D eigenvalue weighted by atomic mass is 35.5. The maximum atomic E-state index is 13.0. The van der Waals surface area contributed by atoms with Crippen molar-refractivity contribution < 1.29 is 22.7 Å². The van der Waals surface area contributed by atoms with Crippen molar-refractivity contribution in [1.82, 2.24) is 14.9 Å². The Balaban J connectivity index is 0.00000361. The number of carbonyl (C=O) groups is 1. The van der Waals surface area contributed by atoms with Crippen LogP contribution in [0.5, 0.6) is 11.6 Å². The molecule has 0 spiro atoms. The zero-order chi connectivity index (χ0) is 25.0. The van der Waals surface area contributed by atoms with Gasteiger partial charge in [-0.05, 0) is 61.5 Å². The van der Waals surface area contributed by atoms with E-state index in [1.807, 2.05) is 6.07 Å². The lowest BCUT2D eigenvalue weighted by molar-refractivity contribution is -0.137. The Morgan fingerprint density at radius 1 is 1.11 bits per heavy atom. The van der Waals surface area contributed by atoms with Gasteiger partial charge in [0.25, 0.3) is 0 Å². The number of nitrogens with one attached hydrogen (secondary N) is 1. The lowest BCUT2D eigenvalue weighted by atomic mass is 10.1. The Labute approximate surface area is 213 Å². The van der Waals surface area contributed by atoms with Crippen LogP contribution in [0.1, 0.15) is 30.7 Å². The highest BCUT2D eigenvalue weighted by molar-refractivity contribution is 6.03. The van der Waals surface area contributed by atoms with E-state index in [1.165, 1.54) is 23.4 Å². The number of hydrogen-bond donors (Lipinski definition) is 1. The molecule has 2 amide bonds. The third-order valence-electron chi connectivity index (χ3n) is 5.83. The van der Waals surface area contributed by atoms with Gasteiger partial charge >= 0.3 is 12.2 Å². The molecule has 3 aromatic rings. The third kappa shape index (κ3) is 6.44. The number of halogens is 4. The second kappa shape index (κ2) is 11.6. The van der Waals surface area contributed by atoms with Crippen molar-refractivity contribution >= 4 is 29.8 Å². The van der Waals surface area contributed by atoms with E-state index < -0.39 is 17.8 Å². The summed E-state index contributed by atoms with van der Waals surface area (Å²) in [7, 11) is 0. The average Bonchev–Trinajstić information content (AvgIpc) is 3.26. The molecular weight excluding hydrogens is 495 g/mol. The first-order chi connectivity index (χ1) is 16.8. The second-order valence-corrected chi connectivity index (χ2v) is 8.11. The van der Waals surface area contributed by atoms with Gasteiger partial charge in [0.2, 0.25) is 5.88 Å². The summed E-state index contributed by atoms with van der Waals surface area (Å²) in [6, 6.07) is 11.2. The molecule has 192 valence electrons. The first-order valence-electron chi connectivity index (χ1n) is 11.4. The molecule has 1 N–H and O–H groups in total. The van der Waals surface area contributed by atoms with E-state index in [0.717, 1.165) is 36.5 Å². The summed E-state index contributed by atoms with van der Waals surface area (Å²) in [6.07, 6.45) is -2.41. The molecule has 0 atom stereocenters. The minimum Gasteiger partial charge on any atom is -0.439 e. The minimum absolute atomic E-state index is 0. The molecule has 1 aromatic heterocycles. The number of aromatic nitrogens is 2. The number of fused-ring (bicyclic) bond motifs is 1. The fourth-order valence-corrected chi connectivity index (χ4v) is 3.93. The number of amides is 2. The molecule has 0 saturated heterocycles. The van der Waals surface area contributed by atoms with Crippen LogP contribution in [0.3, 0.4) is 0 Å². The first-order valence-corrected chi connectivity index (χ1v) is 11.4. The van der Waals surface area contributed by atoms with Gasteiger partial charge in [-0.3, -0.25) is 9.80 Å². The summed E-state index contributed by atoms with van der Waals surface area (Å²) in [6.45, 7) is 7.13. The van der Waals surface area contributed by atoms with Gasteiger partial charge in [0, 0.05) is 30.5 Å². The van der Waals surface area contributed by atoms with E-state index in [0.29, 0.717) is 36.8 Å². The van der Waals surface area contributed by atoms with Gasteiger partial charge in [-0.25, -0.2) is 14.8 Å². The van der Waals surface area contributed by atoms with E-state index in [4.69, 9.17) is 4.74 Å². The van der Waals surface area contributed by atoms with Gasteiger partial charge in [-0.2, -0.15) is 13.2 Å². The summed E-state index contributed by atoms with van der Waals surface area (Å²) in [5, 5.41) is 2.56. The lowest BCUT2D eigenvalue weighted by Crippen LogP contribution is -2.33. The van der Waals surface area contributed by atoms with Crippen molar-refractivity contribution in [3.05, 3.63) is 71.7 Å². The summed E-state index contributed by atoms with van der Waals surface area (Å²) in [5.74, 6) is 1.01. The Kier molecular flexibility index (Phi) is 8.75. The number of anilines is 2. The summed E-state index contributed by atoms with van der Waals surface area (Å²) in [4.78, 5) is 25.0. The predicted octanol–water partition coefficient (Wildman–Crippen LogP) is 6.15. The second-order valence-electron chi connectivity index (χ2n) is 8.11. The standard InChI is InChI=1S/C25H26F3N5O2.ClH/c1-3-32(4-2)15-20-14-23(30-16-29-20)35-21-8-9-22-17(12-21)10-11-33(22)24(34)31-19-7-5-6-18(13-19)25(26,27)28;/h5-9,12-14,16H,3-4,10-11,15H2,1-2H3,(H,31,34);1H. The number of urea groups is 1. The Morgan fingerprint density at radius 2 is 1.89 bits per heavy atom. The quantitative estimate of drug-likeness (QED) is 0.404. The van der Waals surface area contributed by atoms with Crippen molar-refractivity contribution in [3.63, 3.8) is 0 Å². The van der Waals surface area contributed by atoms with Crippen molar-refractivity contribution in [3.8, 4) is 11.6 Å². The van der Waals surface area contributed by atoms with E-state index in [2.05, 4.69) is 34.0 Å². The number of hydrogen-bond acceptors (Lipinski definition) is 5. The number of carbonyl (C=O) groups excluding carboxylic acids is 1. The number of ether oxygens (including phenoxy) is 1. The van der Waals surface area contributed by atoms with Crippen LogP contribution in [0.4, 0.5) is 29.3 Å². The van der Waals surface area contributed by atoms with Crippen LogP contribution >= 0.6 is 12.4 Å². The molecule has 0 fully saturated rings. The van der Waals surface area contributed by atoms with E-state index >= 15 is 0 Å². The van der Waals surface area contributed by atoms with Gasteiger partial charge in [0.15, 0.2) is 0 Å². The fraction of sp³-hybridized carbons (Fsp3) is 0.320. The molecule has 0 radical (unpaired) electrons. The van der Waals surface area contributed by atoms with Crippen LogP contribution in [0, 0.1) is 0 Å². The Hall–Kier alpha value is -3.37. The van der Waals surface area contributed by atoms with Gasteiger partial charge in [0.05, 0.1) is 11.3 Å². The van der Waals surface area contributed by atoms with Gasteiger partial charge in [0.1, 0.15) is 12.1 Å². The fourth-order valence-electron chi connectivity index (χ4n) is 3.93. The molecule has 0 aliphatic carbocycles. The molecule has 0 unspecified atom stereocenters. The molecule has 0 saturated carbocycles. The monoisotopic (exact) mass is 521 g/mol. The summed E-state index contributed by atoms with van der Waals surface area (Å²) in [5.41, 5.74) is 1.72. The van der Waals surface area contributed by atoms with Crippen molar-refractivity contribution in [1.29, 1.82) is 0 Å². The normalized spacial score (nSPS) is 12.8. The molecule has 7 nitrogen and oxygen atoms in total. The van der Waals surface area contributed by atoms with Crippen LogP contribution in [-0.2, 0) is 19.1 Å².